The number of hydrogen-bond acceptors (Lipinski definition) is 2. The number of carbonyl (C=O) groups is 1. The second-order valence-corrected chi connectivity index (χ2v) is 4.31. The van der Waals surface area contributed by atoms with Gasteiger partial charge in [0.1, 0.15) is 0 Å². The monoisotopic (exact) mass is 199 g/mol. The highest BCUT2D eigenvalue weighted by Gasteiger charge is 2.27. The molecule has 0 saturated carbocycles. The Morgan fingerprint density at radius 3 is 2.36 bits per heavy atom. The van der Waals surface area contributed by atoms with Gasteiger partial charge in [-0.25, -0.2) is 0 Å². The van der Waals surface area contributed by atoms with Crippen molar-refractivity contribution in [3.05, 3.63) is 0 Å². The van der Waals surface area contributed by atoms with Gasteiger partial charge >= 0.3 is 0 Å². The molecule has 3 nitrogen and oxygen atoms in total. The Bertz CT molecular complexity index is 195. The minimum absolute atomic E-state index is 0.146. The molecule has 0 spiro atoms. The Kier molecular flexibility index (Phi) is 3.93. The number of rotatable bonds is 2. The van der Waals surface area contributed by atoms with E-state index in [0.29, 0.717) is 0 Å². The summed E-state index contributed by atoms with van der Waals surface area (Å²) in [5.41, 5.74) is 0. The molecule has 1 rings (SSSR count). The number of amides is 1. The zero-order valence-electron chi connectivity index (χ0n) is 9.62. The summed E-state index contributed by atoms with van der Waals surface area (Å²) in [4.78, 5) is 13.8. The van der Waals surface area contributed by atoms with Crippen LogP contribution in [0.2, 0.25) is 0 Å². The Morgan fingerprint density at radius 1 is 1.43 bits per heavy atom. The zero-order valence-corrected chi connectivity index (χ0v) is 9.62. The fourth-order valence-corrected chi connectivity index (χ4v) is 1.84. The lowest BCUT2D eigenvalue weighted by Crippen LogP contribution is -2.49. The number of ether oxygens (including phenoxy) is 1. The molecule has 1 amide bonds. The largest absolute Gasteiger partial charge is 0.372 e. The van der Waals surface area contributed by atoms with Crippen molar-refractivity contribution in [2.75, 3.05) is 13.1 Å². The van der Waals surface area contributed by atoms with Crippen LogP contribution in [0.25, 0.3) is 0 Å². The van der Waals surface area contributed by atoms with Gasteiger partial charge in [0.05, 0.1) is 12.2 Å². The summed E-state index contributed by atoms with van der Waals surface area (Å²) < 4.78 is 5.59. The van der Waals surface area contributed by atoms with Gasteiger partial charge in [0.25, 0.3) is 0 Å². The van der Waals surface area contributed by atoms with Crippen LogP contribution in [0.5, 0.6) is 0 Å². The van der Waals surface area contributed by atoms with Crippen LogP contribution in [-0.4, -0.2) is 36.1 Å². The molecule has 0 radical (unpaired) electrons. The van der Waals surface area contributed by atoms with Crippen LogP contribution >= 0.6 is 0 Å². The third-order valence-electron chi connectivity index (χ3n) is 2.77. The smallest absolute Gasteiger partial charge is 0.225 e. The molecule has 3 heteroatoms. The normalized spacial score (nSPS) is 30.1. The van der Waals surface area contributed by atoms with Crippen molar-refractivity contribution in [3.8, 4) is 0 Å². The van der Waals surface area contributed by atoms with E-state index in [2.05, 4.69) is 6.92 Å². The van der Waals surface area contributed by atoms with Gasteiger partial charge in [-0.15, -0.1) is 0 Å². The van der Waals surface area contributed by atoms with Crippen LogP contribution in [-0.2, 0) is 9.53 Å². The predicted octanol–water partition coefficient (Wildman–Crippen LogP) is 1.67. The van der Waals surface area contributed by atoms with Gasteiger partial charge < -0.3 is 9.64 Å². The molecule has 82 valence electrons. The molecule has 1 heterocycles. The van der Waals surface area contributed by atoms with Gasteiger partial charge in [0.15, 0.2) is 0 Å². The summed E-state index contributed by atoms with van der Waals surface area (Å²) in [6.07, 6.45) is 1.26. The third kappa shape index (κ3) is 2.71. The summed E-state index contributed by atoms with van der Waals surface area (Å²) in [6, 6.07) is 0. The van der Waals surface area contributed by atoms with Crippen molar-refractivity contribution in [1.29, 1.82) is 0 Å². The van der Waals surface area contributed by atoms with E-state index in [-0.39, 0.29) is 24.0 Å². The zero-order chi connectivity index (χ0) is 10.7. The number of hydrogen-bond donors (Lipinski definition) is 0. The molecule has 14 heavy (non-hydrogen) atoms. The summed E-state index contributed by atoms with van der Waals surface area (Å²) >= 11 is 0. The van der Waals surface area contributed by atoms with Crippen LogP contribution in [0.4, 0.5) is 0 Å². The lowest BCUT2D eigenvalue weighted by molar-refractivity contribution is -0.147. The van der Waals surface area contributed by atoms with Gasteiger partial charge in [-0.05, 0) is 20.3 Å². The van der Waals surface area contributed by atoms with Crippen molar-refractivity contribution >= 4 is 5.91 Å². The Balaban J connectivity index is 2.54. The third-order valence-corrected chi connectivity index (χ3v) is 2.77. The van der Waals surface area contributed by atoms with Crippen molar-refractivity contribution < 1.29 is 9.53 Å². The van der Waals surface area contributed by atoms with Crippen LogP contribution in [0.3, 0.4) is 0 Å². The van der Waals surface area contributed by atoms with E-state index in [1.807, 2.05) is 25.7 Å². The van der Waals surface area contributed by atoms with E-state index in [1.54, 1.807) is 0 Å². The first-order chi connectivity index (χ1) is 6.54. The molecule has 0 aromatic rings. The maximum atomic E-state index is 11.9. The molecule has 1 aliphatic heterocycles. The molecular weight excluding hydrogens is 178 g/mol. The van der Waals surface area contributed by atoms with Crippen molar-refractivity contribution in [1.82, 2.24) is 4.90 Å². The summed E-state index contributed by atoms with van der Waals surface area (Å²) in [5, 5.41) is 0. The van der Waals surface area contributed by atoms with E-state index < -0.39 is 0 Å². The summed E-state index contributed by atoms with van der Waals surface area (Å²) in [6.45, 7) is 9.57. The van der Waals surface area contributed by atoms with Crippen molar-refractivity contribution in [3.63, 3.8) is 0 Å². The minimum Gasteiger partial charge on any atom is -0.372 e. The SMILES string of the molecule is CCC(C)C(=O)N1C[C@@H](C)O[C@@H](C)C1. The first-order valence-corrected chi connectivity index (χ1v) is 5.48. The highest BCUT2D eigenvalue weighted by atomic mass is 16.5. The fraction of sp³-hybridized carbons (Fsp3) is 0.909. The van der Waals surface area contributed by atoms with Gasteiger partial charge in [-0.2, -0.15) is 0 Å². The highest BCUT2D eigenvalue weighted by Crippen LogP contribution is 2.14. The lowest BCUT2D eigenvalue weighted by atomic mass is 10.1. The van der Waals surface area contributed by atoms with Crippen LogP contribution in [0.15, 0.2) is 0 Å². The fourth-order valence-electron chi connectivity index (χ4n) is 1.84. The van der Waals surface area contributed by atoms with E-state index in [0.717, 1.165) is 19.5 Å². The van der Waals surface area contributed by atoms with Crippen LogP contribution in [0.1, 0.15) is 34.1 Å². The van der Waals surface area contributed by atoms with Crippen LogP contribution in [0, 0.1) is 5.92 Å². The maximum absolute atomic E-state index is 11.9. The molecule has 0 aliphatic carbocycles. The Labute approximate surface area is 86.4 Å². The lowest BCUT2D eigenvalue weighted by Gasteiger charge is -2.36. The average molecular weight is 199 g/mol. The molecule has 3 atom stereocenters. The average Bonchev–Trinajstić information content (AvgIpc) is 2.14. The molecule has 0 aromatic heterocycles. The second-order valence-electron chi connectivity index (χ2n) is 4.31. The standard InChI is InChI=1S/C11H21NO2/c1-5-8(2)11(13)12-6-9(3)14-10(4)7-12/h8-10H,5-7H2,1-4H3/t8?,9-,10+. The molecule has 1 fully saturated rings. The molecular formula is C11H21NO2. The van der Waals surface area contributed by atoms with Crippen LogP contribution < -0.4 is 0 Å². The Hall–Kier alpha value is -0.570. The van der Waals surface area contributed by atoms with Gasteiger partial charge in [0.2, 0.25) is 5.91 Å². The van der Waals surface area contributed by atoms with E-state index in [1.165, 1.54) is 0 Å². The quantitative estimate of drug-likeness (QED) is 0.677. The predicted molar refractivity (Wildman–Crippen MR) is 56.0 cm³/mol. The van der Waals surface area contributed by atoms with Gasteiger partial charge in [-0.3, -0.25) is 4.79 Å². The molecule has 1 aliphatic rings. The maximum Gasteiger partial charge on any atom is 0.225 e. The van der Waals surface area contributed by atoms with Crippen molar-refractivity contribution in [2.45, 2.75) is 46.3 Å². The van der Waals surface area contributed by atoms with E-state index >= 15 is 0 Å². The minimum atomic E-state index is 0.146. The molecule has 0 bridgehead atoms. The number of morpholine rings is 1. The topological polar surface area (TPSA) is 29.5 Å². The molecule has 1 saturated heterocycles. The second kappa shape index (κ2) is 4.78. The van der Waals surface area contributed by atoms with E-state index in [9.17, 15) is 4.79 Å². The molecule has 0 aromatic carbocycles. The van der Waals surface area contributed by atoms with Gasteiger partial charge in [-0.1, -0.05) is 13.8 Å². The molecule has 1 unspecified atom stereocenters. The molecule has 0 N–H and O–H groups in total. The summed E-state index contributed by atoms with van der Waals surface area (Å²) in [5.74, 6) is 0.419. The summed E-state index contributed by atoms with van der Waals surface area (Å²) in [7, 11) is 0. The van der Waals surface area contributed by atoms with Crippen molar-refractivity contribution in [2.24, 2.45) is 5.92 Å². The first kappa shape index (κ1) is 11.5. The number of nitrogens with zero attached hydrogens (tertiary/aromatic N) is 1. The number of carbonyl (C=O) groups excluding carboxylic acids is 1. The van der Waals surface area contributed by atoms with E-state index in [4.69, 9.17) is 4.74 Å². The highest BCUT2D eigenvalue weighted by molar-refractivity contribution is 5.78. The van der Waals surface area contributed by atoms with Gasteiger partial charge in [0, 0.05) is 19.0 Å². The first-order valence-electron chi connectivity index (χ1n) is 5.48. The Morgan fingerprint density at radius 2 is 1.93 bits per heavy atom.